The van der Waals surface area contributed by atoms with Crippen LogP contribution >= 0.6 is 0 Å². The number of H-pyrrole nitrogens is 1. The van der Waals surface area contributed by atoms with Gasteiger partial charge in [0.25, 0.3) is 0 Å². The predicted octanol–water partition coefficient (Wildman–Crippen LogP) is 1.77. The lowest BCUT2D eigenvalue weighted by Crippen LogP contribution is -2.39. The van der Waals surface area contributed by atoms with Crippen molar-refractivity contribution in [3.63, 3.8) is 0 Å². The number of hydrogen-bond acceptors (Lipinski definition) is 6. The van der Waals surface area contributed by atoms with Crippen LogP contribution in [0.3, 0.4) is 0 Å². The number of piperidine rings is 1. The first-order valence-electron chi connectivity index (χ1n) is 8.10. The number of carbonyl (C=O) groups is 1. The van der Waals surface area contributed by atoms with E-state index in [4.69, 9.17) is 9.47 Å². The first-order valence-corrected chi connectivity index (χ1v) is 8.10. The highest BCUT2D eigenvalue weighted by Crippen LogP contribution is 2.18. The molecule has 0 saturated carbocycles. The maximum Gasteiger partial charge on any atom is 0.356 e. The summed E-state index contributed by atoms with van der Waals surface area (Å²) in [6.07, 6.45) is 5.75. The van der Waals surface area contributed by atoms with E-state index in [9.17, 15) is 4.79 Å². The van der Waals surface area contributed by atoms with Gasteiger partial charge < -0.3 is 9.47 Å². The minimum atomic E-state index is -0.387. The average Bonchev–Trinajstić information content (AvgIpc) is 3.08. The molecule has 1 aliphatic rings. The lowest BCUT2D eigenvalue weighted by molar-refractivity contribution is -0.0133. The van der Waals surface area contributed by atoms with Crippen LogP contribution in [0.4, 0.5) is 0 Å². The molecule has 1 fully saturated rings. The van der Waals surface area contributed by atoms with E-state index in [1.54, 1.807) is 12.4 Å². The number of hydrogen-bond donors (Lipinski definition) is 1. The van der Waals surface area contributed by atoms with Gasteiger partial charge in [-0.15, -0.1) is 0 Å². The molecule has 0 aliphatic carbocycles. The van der Waals surface area contributed by atoms with Crippen LogP contribution in [-0.2, 0) is 22.6 Å². The van der Waals surface area contributed by atoms with Crippen LogP contribution in [0, 0.1) is 0 Å². The van der Waals surface area contributed by atoms with Crippen molar-refractivity contribution in [2.45, 2.75) is 32.1 Å². The van der Waals surface area contributed by atoms with Crippen molar-refractivity contribution >= 4 is 5.97 Å². The van der Waals surface area contributed by atoms with Gasteiger partial charge in [0.05, 0.1) is 31.7 Å². The molecular weight excluding hydrogens is 308 g/mol. The van der Waals surface area contributed by atoms with Crippen molar-refractivity contribution in [2.24, 2.45) is 0 Å². The van der Waals surface area contributed by atoms with Gasteiger partial charge in [0.1, 0.15) is 5.69 Å². The zero-order chi connectivity index (χ0) is 16.8. The largest absolute Gasteiger partial charge is 0.464 e. The van der Waals surface area contributed by atoms with Gasteiger partial charge >= 0.3 is 5.97 Å². The van der Waals surface area contributed by atoms with Gasteiger partial charge in [-0.25, -0.2) is 4.79 Å². The molecule has 0 aromatic carbocycles. The maximum absolute atomic E-state index is 11.7. The Kier molecular flexibility index (Phi) is 5.55. The summed E-state index contributed by atoms with van der Waals surface area (Å²) in [5, 5.41) is 6.67. The maximum atomic E-state index is 11.7. The van der Waals surface area contributed by atoms with E-state index in [1.807, 2.05) is 18.2 Å². The summed E-state index contributed by atoms with van der Waals surface area (Å²) in [7, 11) is 1.37. The number of likely N-dealkylation sites (tertiary alicyclic amines) is 1. The van der Waals surface area contributed by atoms with E-state index in [1.165, 1.54) is 7.11 Å². The number of nitrogens with one attached hydrogen (secondary N) is 1. The Morgan fingerprint density at radius 1 is 1.46 bits per heavy atom. The molecule has 0 spiro atoms. The molecule has 3 rings (SSSR count). The molecule has 2 aromatic heterocycles. The summed E-state index contributed by atoms with van der Waals surface area (Å²) < 4.78 is 10.8. The fourth-order valence-electron chi connectivity index (χ4n) is 2.93. The zero-order valence-electron chi connectivity index (χ0n) is 13.8. The highest BCUT2D eigenvalue weighted by molar-refractivity contribution is 5.88. The minimum absolute atomic E-state index is 0.175. The normalized spacial score (nSPS) is 18.5. The number of nitrogens with zero attached hydrogens (tertiary/aromatic N) is 3. The summed E-state index contributed by atoms with van der Waals surface area (Å²) >= 11 is 0. The number of pyridine rings is 1. The molecule has 0 unspecified atom stereocenters. The van der Waals surface area contributed by atoms with Crippen molar-refractivity contribution < 1.29 is 14.3 Å². The Bertz CT molecular complexity index is 659. The third kappa shape index (κ3) is 4.18. The van der Waals surface area contributed by atoms with Gasteiger partial charge in [0.15, 0.2) is 0 Å². The molecule has 2 aromatic rings. The van der Waals surface area contributed by atoms with Gasteiger partial charge in [-0.05, 0) is 31.5 Å². The molecule has 1 saturated heterocycles. The Morgan fingerprint density at radius 3 is 3.17 bits per heavy atom. The summed E-state index contributed by atoms with van der Waals surface area (Å²) in [6, 6.07) is 5.83. The van der Waals surface area contributed by atoms with E-state index in [-0.39, 0.29) is 12.1 Å². The van der Waals surface area contributed by atoms with Gasteiger partial charge in [-0.3, -0.25) is 15.0 Å². The lowest BCUT2D eigenvalue weighted by atomic mass is 10.1. The smallest absolute Gasteiger partial charge is 0.356 e. The van der Waals surface area contributed by atoms with Gasteiger partial charge in [0.2, 0.25) is 0 Å². The number of carbonyl (C=O) groups excluding carboxylic acids is 1. The van der Waals surface area contributed by atoms with Gasteiger partial charge in [-0.1, -0.05) is 6.07 Å². The van der Waals surface area contributed by atoms with Crippen molar-refractivity contribution in [1.29, 1.82) is 0 Å². The van der Waals surface area contributed by atoms with Crippen LogP contribution in [0.15, 0.2) is 30.6 Å². The summed E-state index contributed by atoms with van der Waals surface area (Å²) in [6.45, 7) is 3.00. The minimum Gasteiger partial charge on any atom is -0.464 e. The Morgan fingerprint density at radius 2 is 2.38 bits per heavy atom. The monoisotopic (exact) mass is 330 g/mol. The van der Waals surface area contributed by atoms with E-state index >= 15 is 0 Å². The third-order valence-corrected chi connectivity index (χ3v) is 4.16. The summed E-state index contributed by atoms with van der Waals surface area (Å²) in [5.74, 6) is -0.387. The second-order valence-electron chi connectivity index (χ2n) is 5.89. The van der Waals surface area contributed by atoms with Crippen LogP contribution in [-0.4, -0.2) is 52.4 Å². The van der Waals surface area contributed by atoms with E-state index < -0.39 is 0 Å². The molecule has 24 heavy (non-hydrogen) atoms. The standard InChI is InChI=1S/C17H22N4O3/c1-23-17(22)16-13(9-19-20-16)10-21-8-4-6-15(11-21)24-12-14-5-2-3-7-18-14/h2-3,5,7,9,15H,4,6,8,10-12H2,1H3,(H,19,20)/t15-/m1/s1. The molecule has 3 heterocycles. The molecule has 0 amide bonds. The zero-order valence-corrected chi connectivity index (χ0v) is 13.8. The van der Waals surface area contributed by atoms with Crippen molar-refractivity contribution in [3.8, 4) is 0 Å². The topological polar surface area (TPSA) is 80.3 Å². The SMILES string of the molecule is COC(=O)c1[nH]ncc1CN1CCC[C@@H](OCc2ccccn2)C1. The van der Waals surface area contributed by atoms with Crippen LogP contribution in [0.5, 0.6) is 0 Å². The van der Waals surface area contributed by atoms with Crippen molar-refractivity contribution in [3.05, 3.63) is 47.5 Å². The number of aromatic amines is 1. The Hall–Kier alpha value is -2.25. The lowest BCUT2D eigenvalue weighted by Gasteiger charge is -2.32. The van der Waals surface area contributed by atoms with Gasteiger partial charge in [0, 0.05) is 24.8 Å². The summed E-state index contributed by atoms with van der Waals surface area (Å²) in [5.41, 5.74) is 2.22. The second kappa shape index (κ2) is 8.03. The number of methoxy groups -OCH3 is 1. The number of aromatic nitrogens is 3. The Labute approximate surface area is 141 Å². The molecule has 1 aliphatic heterocycles. The Balaban J connectivity index is 1.54. The third-order valence-electron chi connectivity index (χ3n) is 4.16. The number of ether oxygens (including phenoxy) is 2. The van der Waals surface area contributed by atoms with E-state index in [0.29, 0.717) is 18.8 Å². The predicted molar refractivity (Wildman–Crippen MR) is 87.3 cm³/mol. The molecule has 7 heteroatoms. The fraction of sp³-hybridized carbons (Fsp3) is 0.471. The second-order valence-corrected chi connectivity index (χ2v) is 5.89. The molecule has 128 valence electrons. The summed E-state index contributed by atoms with van der Waals surface area (Å²) in [4.78, 5) is 18.3. The molecule has 7 nitrogen and oxygen atoms in total. The molecule has 1 N–H and O–H groups in total. The molecule has 0 bridgehead atoms. The first kappa shape index (κ1) is 16.6. The van der Waals surface area contributed by atoms with Crippen molar-refractivity contribution in [2.75, 3.05) is 20.2 Å². The average molecular weight is 330 g/mol. The number of esters is 1. The van der Waals surface area contributed by atoms with Crippen LogP contribution in [0.25, 0.3) is 0 Å². The highest BCUT2D eigenvalue weighted by Gasteiger charge is 2.23. The van der Waals surface area contributed by atoms with Crippen molar-refractivity contribution in [1.82, 2.24) is 20.1 Å². The number of rotatable bonds is 6. The highest BCUT2D eigenvalue weighted by atomic mass is 16.5. The fourth-order valence-corrected chi connectivity index (χ4v) is 2.93. The molecule has 1 atom stereocenters. The van der Waals surface area contributed by atoms with E-state index in [0.717, 1.165) is 37.2 Å². The molecular formula is C17H22N4O3. The van der Waals surface area contributed by atoms with Crippen LogP contribution in [0.2, 0.25) is 0 Å². The first-order chi connectivity index (χ1) is 11.8. The van der Waals surface area contributed by atoms with Gasteiger partial charge in [-0.2, -0.15) is 5.10 Å². The van der Waals surface area contributed by atoms with E-state index in [2.05, 4.69) is 20.1 Å². The quantitative estimate of drug-likeness (QED) is 0.813. The molecule has 0 radical (unpaired) electrons. The van der Waals surface area contributed by atoms with Crippen LogP contribution < -0.4 is 0 Å². The van der Waals surface area contributed by atoms with Crippen LogP contribution in [0.1, 0.15) is 34.6 Å².